The number of nitrogens with zero attached hydrogens (tertiary/aromatic N) is 1. The topological polar surface area (TPSA) is 125 Å². The Bertz CT molecular complexity index is 1310. The molecule has 8 nitrogen and oxygen atoms in total. The number of fused-ring (bicyclic) bond motifs is 3. The molecular formula is C20H19N3O5S. The first kappa shape index (κ1) is 19.2. The van der Waals surface area contributed by atoms with Gasteiger partial charge in [0.1, 0.15) is 17.2 Å². The van der Waals surface area contributed by atoms with Crippen LogP contribution in [0, 0.1) is 5.92 Å². The van der Waals surface area contributed by atoms with E-state index in [4.69, 9.17) is 4.42 Å². The molecule has 0 aliphatic carbocycles. The molecule has 4 aromatic rings. The van der Waals surface area contributed by atoms with Gasteiger partial charge in [-0.05, 0) is 35.7 Å². The Labute approximate surface area is 166 Å². The minimum absolute atomic E-state index is 0.0500. The van der Waals surface area contributed by atoms with Crippen LogP contribution in [0.15, 0.2) is 58.1 Å². The molecule has 0 fully saturated rings. The van der Waals surface area contributed by atoms with Crippen molar-refractivity contribution in [3.63, 3.8) is 0 Å². The first-order chi connectivity index (χ1) is 13.8. The minimum Gasteiger partial charge on any atom is -0.480 e. The van der Waals surface area contributed by atoms with Gasteiger partial charge >= 0.3 is 5.97 Å². The molecule has 0 saturated carbocycles. The number of furan rings is 1. The minimum atomic E-state index is -4.03. The van der Waals surface area contributed by atoms with Gasteiger partial charge in [0, 0.05) is 28.6 Å². The lowest BCUT2D eigenvalue weighted by atomic mass is 10.1. The van der Waals surface area contributed by atoms with Crippen LogP contribution in [-0.2, 0) is 14.8 Å². The molecule has 3 N–H and O–H groups in total. The van der Waals surface area contributed by atoms with Gasteiger partial charge in [0.2, 0.25) is 10.0 Å². The van der Waals surface area contributed by atoms with Gasteiger partial charge in [-0.3, -0.25) is 9.89 Å². The van der Waals surface area contributed by atoms with Crippen molar-refractivity contribution in [1.82, 2.24) is 14.9 Å². The van der Waals surface area contributed by atoms with Gasteiger partial charge in [0.15, 0.2) is 0 Å². The van der Waals surface area contributed by atoms with Gasteiger partial charge in [-0.25, -0.2) is 8.42 Å². The average molecular weight is 413 g/mol. The van der Waals surface area contributed by atoms with E-state index in [1.165, 1.54) is 12.1 Å². The Kier molecular flexibility index (Phi) is 4.64. The van der Waals surface area contributed by atoms with Crippen LogP contribution in [0.1, 0.15) is 13.8 Å². The molecule has 0 aliphatic rings. The maximum Gasteiger partial charge on any atom is 0.322 e. The molecule has 29 heavy (non-hydrogen) atoms. The van der Waals surface area contributed by atoms with E-state index >= 15 is 0 Å². The zero-order valence-corrected chi connectivity index (χ0v) is 16.5. The highest BCUT2D eigenvalue weighted by molar-refractivity contribution is 7.89. The fourth-order valence-electron chi connectivity index (χ4n) is 3.22. The summed E-state index contributed by atoms with van der Waals surface area (Å²) in [5, 5.41) is 17.6. The number of aromatic amines is 1. The summed E-state index contributed by atoms with van der Waals surface area (Å²) in [5.74, 6) is -1.63. The van der Waals surface area contributed by atoms with E-state index in [9.17, 15) is 18.3 Å². The number of carboxylic acid groups (broad SMARTS) is 1. The van der Waals surface area contributed by atoms with Crippen LogP contribution in [0.3, 0.4) is 0 Å². The molecule has 0 bridgehead atoms. The standard InChI is InChI=1S/C20H19N3O5S/c1-11(2)19(20(24)25)23-29(26,27)14-4-5-15-16-7-12(13-9-21-22-10-13)3-6-17(16)28-18(15)8-14/h3-11,19,23H,1-2H3,(H,21,22)(H,24,25)/t19-/m0/s1. The third kappa shape index (κ3) is 3.50. The summed E-state index contributed by atoms with van der Waals surface area (Å²) in [6.07, 6.45) is 3.50. The molecule has 0 radical (unpaired) electrons. The van der Waals surface area contributed by atoms with Gasteiger partial charge in [-0.2, -0.15) is 9.82 Å². The average Bonchev–Trinajstić information content (AvgIpc) is 3.32. The number of hydrogen-bond acceptors (Lipinski definition) is 5. The van der Waals surface area contributed by atoms with Gasteiger partial charge < -0.3 is 9.52 Å². The summed E-state index contributed by atoms with van der Waals surface area (Å²) in [4.78, 5) is 11.3. The van der Waals surface area contributed by atoms with Gasteiger partial charge in [0.25, 0.3) is 0 Å². The van der Waals surface area contributed by atoms with Crippen LogP contribution in [0.5, 0.6) is 0 Å². The van der Waals surface area contributed by atoms with Crippen molar-refractivity contribution in [3.05, 3.63) is 48.8 Å². The second-order valence-corrected chi connectivity index (χ2v) is 8.85. The lowest BCUT2D eigenvalue weighted by Crippen LogP contribution is -2.44. The molecule has 2 aromatic heterocycles. The molecule has 0 spiro atoms. The van der Waals surface area contributed by atoms with E-state index in [0.717, 1.165) is 21.9 Å². The summed E-state index contributed by atoms with van der Waals surface area (Å²) < 4.78 is 33.5. The van der Waals surface area contributed by atoms with Crippen molar-refractivity contribution in [3.8, 4) is 11.1 Å². The number of aliphatic carboxylic acids is 1. The SMILES string of the molecule is CC(C)[C@H](NS(=O)(=O)c1ccc2c(c1)oc1ccc(-c3cn[nH]c3)cc12)C(=O)O. The van der Waals surface area contributed by atoms with E-state index in [1.54, 1.807) is 32.3 Å². The predicted octanol–water partition coefficient (Wildman–Crippen LogP) is 3.36. The van der Waals surface area contributed by atoms with Gasteiger partial charge in [-0.15, -0.1) is 0 Å². The molecule has 1 atom stereocenters. The molecule has 0 saturated heterocycles. The first-order valence-electron chi connectivity index (χ1n) is 8.97. The van der Waals surface area contributed by atoms with Crippen molar-refractivity contribution in [2.45, 2.75) is 24.8 Å². The second kappa shape index (κ2) is 7.02. The van der Waals surface area contributed by atoms with E-state index < -0.39 is 28.0 Å². The molecule has 150 valence electrons. The van der Waals surface area contributed by atoms with Crippen molar-refractivity contribution in [1.29, 1.82) is 0 Å². The van der Waals surface area contributed by atoms with Crippen molar-refractivity contribution in [2.75, 3.05) is 0 Å². The number of benzene rings is 2. The molecule has 2 aromatic carbocycles. The molecule has 4 rings (SSSR count). The Balaban J connectivity index is 1.76. The Morgan fingerprint density at radius 3 is 2.55 bits per heavy atom. The highest BCUT2D eigenvalue weighted by atomic mass is 32.2. The fourth-order valence-corrected chi connectivity index (χ4v) is 4.57. The summed E-state index contributed by atoms with van der Waals surface area (Å²) in [5.41, 5.74) is 2.91. The Hall–Kier alpha value is -3.17. The second-order valence-electron chi connectivity index (χ2n) is 7.14. The predicted molar refractivity (Wildman–Crippen MR) is 108 cm³/mol. The zero-order chi connectivity index (χ0) is 20.8. The highest BCUT2D eigenvalue weighted by Gasteiger charge is 2.28. The molecule has 2 heterocycles. The van der Waals surface area contributed by atoms with Crippen LogP contribution >= 0.6 is 0 Å². The van der Waals surface area contributed by atoms with Crippen LogP contribution in [0.25, 0.3) is 33.1 Å². The largest absolute Gasteiger partial charge is 0.480 e. The zero-order valence-electron chi connectivity index (χ0n) is 15.7. The van der Waals surface area contributed by atoms with Crippen LogP contribution in [0.4, 0.5) is 0 Å². The van der Waals surface area contributed by atoms with Crippen molar-refractivity contribution in [2.24, 2.45) is 5.92 Å². The quantitative estimate of drug-likeness (QED) is 0.445. The molecule has 0 aliphatic heterocycles. The number of nitrogens with one attached hydrogen (secondary N) is 2. The monoisotopic (exact) mass is 413 g/mol. The van der Waals surface area contributed by atoms with Gasteiger partial charge in [0.05, 0.1) is 11.1 Å². The lowest BCUT2D eigenvalue weighted by molar-refractivity contribution is -0.140. The number of carboxylic acids is 1. The summed E-state index contributed by atoms with van der Waals surface area (Å²) in [6.45, 7) is 3.28. The van der Waals surface area contributed by atoms with Crippen molar-refractivity contribution < 1.29 is 22.7 Å². The normalized spacial score (nSPS) is 13.3. The van der Waals surface area contributed by atoms with E-state index in [0.29, 0.717) is 11.2 Å². The Morgan fingerprint density at radius 2 is 1.90 bits per heavy atom. The number of hydrogen-bond donors (Lipinski definition) is 3. The fraction of sp³-hybridized carbons (Fsp3) is 0.200. The number of rotatable bonds is 6. The van der Waals surface area contributed by atoms with Crippen molar-refractivity contribution >= 4 is 37.9 Å². The number of sulfonamides is 1. The highest BCUT2D eigenvalue weighted by Crippen LogP contribution is 2.33. The molecule has 9 heteroatoms. The molecule has 0 unspecified atom stereocenters. The number of aromatic nitrogens is 2. The maximum absolute atomic E-state index is 12.7. The summed E-state index contributed by atoms with van der Waals surface area (Å²) in [7, 11) is -4.03. The van der Waals surface area contributed by atoms with E-state index in [2.05, 4.69) is 14.9 Å². The van der Waals surface area contributed by atoms with E-state index in [-0.39, 0.29) is 4.90 Å². The smallest absolute Gasteiger partial charge is 0.322 e. The summed E-state index contributed by atoms with van der Waals surface area (Å²) >= 11 is 0. The van der Waals surface area contributed by atoms with Gasteiger partial charge in [-0.1, -0.05) is 19.9 Å². The van der Waals surface area contributed by atoms with E-state index in [1.807, 2.05) is 18.2 Å². The van der Waals surface area contributed by atoms with Crippen LogP contribution in [-0.4, -0.2) is 35.7 Å². The molecule has 0 amide bonds. The maximum atomic E-state index is 12.7. The summed E-state index contributed by atoms with van der Waals surface area (Å²) in [6, 6.07) is 8.98. The first-order valence-corrected chi connectivity index (χ1v) is 10.5. The number of carbonyl (C=O) groups is 1. The molecular weight excluding hydrogens is 394 g/mol. The van der Waals surface area contributed by atoms with Crippen LogP contribution < -0.4 is 4.72 Å². The Morgan fingerprint density at radius 1 is 1.10 bits per heavy atom. The third-order valence-electron chi connectivity index (χ3n) is 4.80. The van der Waals surface area contributed by atoms with Crippen LogP contribution in [0.2, 0.25) is 0 Å². The third-order valence-corrected chi connectivity index (χ3v) is 6.24. The number of H-pyrrole nitrogens is 1. The lowest BCUT2D eigenvalue weighted by Gasteiger charge is -2.17.